The van der Waals surface area contributed by atoms with E-state index < -0.39 is 5.60 Å². The number of amides is 1. The summed E-state index contributed by atoms with van der Waals surface area (Å²) in [6.45, 7) is 6.78. The van der Waals surface area contributed by atoms with E-state index in [1.54, 1.807) is 27.8 Å². The fourth-order valence-corrected chi connectivity index (χ4v) is 2.81. The first-order valence-corrected chi connectivity index (χ1v) is 8.47. The number of hydrogen-bond acceptors (Lipinski definition) is 4. The lowest BCUT2D eigenvalue weighted by Crippen LogP contribution is -2.40. The number of fused-ring (bicyclic) bond motifs is 1. The Morgan fingerprint density at radius 2 is 1.96 bits per heavy atom. The summed E-state index contributed by atoms with van der Waals surface area (Å²) in [5.74, 6) is 0. The van der Waals surface area contributed by atoms with Crippen molar-refractivity contribution in [1.82, 2.24) is 14.3 Å². The molecule has 0 radical (unpaired) electrons. The topological polar surface area (TPSA) is 63.9 Å². The predicted molar refractivity (Wildman–Crippen MR) is 96.5 cm³/mol. The van der Waals surface area contributed by atoms with Gasteiger partial charge in [-0.2, -0.15) is 0 Å². The fraction of sp³-hybridized carbons (Fsp3) is 0.421. The molecule has 1 aliphatic heterocycles. The van der Waals surface area contributed by atoms with Crippen LogP contribution in [0, 0.1) is 0 Å². The van der Waals surface area contributed by atoms with Crippen LogP contribution in [0.15, 0.2) is 41.0 Å². The number of likely N-dealkylation sites (tertiary alicyclic amines) is 1. The van der Waals surface area contributed by atoms with Crippen LogP contribution in [-0.4, -0.2) is 39.1 Å². The molecule has 1 saturated heterocycles. The van der Waals surface area contributed by atoms with Crippen molar-refractivity contribution >= 4 is 17.8 Å². The van der Waals surface area contributed by atoms with Crippen molar-refractivity contribution in [3.05, 3.63) is 52.1 Å². The van der Waals surface area contributed by atoms with Crippen molar-refractivity contribution in [2.45, 2.75) is 39.2 Å². The number of hydrogen-bond donors (Lipinski definition) is 0. The maximum absolute atomic E-state index is 12.5. The van der Waals surface area contributed by atoms with E-state index in [4.69, 9.17) is 4.74 Å². The van der Waals surface area contributed by atoms with E-state index in [0.29, 0.717) is 24.3 Å². The summed E-state index contributed by atoms with van der Waals surface area (Å²) in [7, 11) is 0. The normalized spacial score (nSPS) is 15.3. The quantitative estimate of drug-likeness (QED) is 0.799. The number of rotatable bonds is 1. The van der Waals surface area contributed by atoms with E-state index in [1.165, 1.54) is 0 Å². The molecule has 3 rings (SSSR count). The second-order valence-electron chi connectivity index (χ2n) is 7.22. The second-order valence-corrected chi connectivity index (χ2v) is 7.22. The predicted octanol–water partition coefficient (Wildman–Crippen LogP) is 3.11. The van der Waals surface area contributed by atoms with Gasteiger partial charge in [-0.15, -0.1) is 0 Å². The summed E-state index contributed by atoms with van der Waals surface area (Å²) in [5.41, 5.74) is 1.79. The molecule has 2 aromatic heterocycles. The largest absolute Gasteiger partial charge is 0.444 e. The Labute approximate surface area is 146 Å². The maximum atomic E-state index is 12.5. The minimum Gasteiger partial charge on any atom is -0.444 e. The summed E-state index contributed by atoms with van der Waals surface area (Å²) in [6.07, 6.45) is 6.43. The summed E-state index contributed by atoms with van der Waals surface area (Å²) < 4.78 is 6.95. The van der Waals surface area contributed by atoms with Gasteiger partial charge in [0.15, 0.2) is 0 Å². The number of carbonyl (C=O) groups excluding carboxylic acids is 1. The van der Waals surface area contributed by atoms with Crippen molar-refractivity contribution in [3.8, 4) is 0 Å². The maximum Gasteiger partial charge on any atom is 0.410 e. The summed E-state index contributed by atoms with van der Waals surface area (Å²) in [6, 6.07) is 5.47. The fourth-order valence-electron chi connectivity index (χ4n) is 2.81. The van der Waals surface area contributed by atoms with Gasteiger partial charge in [-0.25, -0.2) is 9.78 Å². The minimum atomic E-state index is -0.487. The average Bonchev–Trinajstić information content (AvgIpc) is 2.57. The van der Waals surface area contributed by atoms with Crippen LogP contribution >= 0.6 is 0 Å². The SMILES string of the molecule is CC(C)(C)OC(=O)N1CCC(=Cc2cnc3ccccn3c2=O)CC1. The molecule has 25 heavy (non-hydrogen) atoms. The minimum absolute atomic E-state index is 0.0762. The van der Waals surface area contributed by atoms with E-state index in [-0.39, 0.29) is 11.7 Å². The lowest BCUT2D eigenvalue weighted by molar-refractivity contribution is 0.0237. The van der Waals surface area contributed by atoms with Gasteiger partial charge in [0.25, 0.3) is 5.56 Å². The molecule has 6 nitrogen and oxygen atoms in total. The van der Waals surface area contributed by atoms with Gasteiger partial charge in [-0.3, -0.25) is 9.20 Å². The number of nitrogens with zero attached hydrogens (tertiary/aromatic N) is 3. The first-order chi connectivity index (χ1) is 11.8. The van der Waals surface area contributed by atoms with Gasteiger partial charge in [0.05, 0.1) is 5.56 Å². The summed E-state index contributed by atoms with van der Waals surface area (Å²) >= 11 is 0. The first kappa shape index (κ1) is 17.2. The molecule has 1 fully saturated rings. The third-order valence-corrected chi connectivity index (χ3v) is 4.06. The molecule has 6 heteroatoms. The van der Waals surface area contributed by atoms with Gasteiger partial charge < -0.3 is 9.64 Å². The molecule has 132 valence electrons. The highest BCUT2D eigenvalue weighted by Crippen LogP contribution is 2.20. The van der Waals surface area contributed by atoms with Gasteiger partial charge in [-0.05, 0) is 51.8 Å². The van der Waals surface area contributed by atoms with Crippen molar-refractivity contribution in [2.75, 3.05) is 13.1 Å². The summed E-state index contributed by atoms with van der Waals surface area (Å²) in [4.78, 5) is 30.7. The highest BCUT2D eigenvalue weighted by atomic mass is 16.6. The molecule has 0 bridgehead atoms. The van der Waals surface area contributed by atoms with E-state index >= 15 is 0 Å². The molecule has 0 saturated carbocycles. The number of carbonyl (C=O) groups is 1. The molecule has 0 aromatic carbocycles. The van der Waals surface area contributed by atoms with Gasteiger partial charge in [0, 0.05) is 25.5 Å². The Bertz CT molecular complexity index is 867. The lowest BCUT2D eigenvalue weighted by Gasteiger charge is -2.31. The molecule has 0 atom stereocenters. The molecule has 0 N–H and O–H groups in total. The molecule has 1 amide bonds. The highest BCUT2D eigenvalue weighted by Gasteiger charge is 2.24. The number of piperidine rings is 1. The number of aromatic nitrogens is 2. The average molecular weight is 341 g/mol. The van der Waals surface area contributed by atoms with E-state index in [9.17, 15) is 9.59 Å². The van der Waals surface area contributed by atoms with Crippen LogP contribution in [0.2, 0.25) is 0 Å². The van der Waals surface area contributed by atoms with Crippen molar-refractivity contribution in [3.63, 3.8) is 0 Å². The molecule has 0 aliphatic carbocycles. The van der Waals surface area contributed by atoms with Gasteiger partial charge in [0.2, 0.25) is 0 Å². The zero-order chi connectivity index (χ0) is 18.0. The smallest absolute Gasteiger partial charge is 0.410 e. The van der Waals surface area contributed by atoms with Gasteiger partial charge in [-0.1, -0.05) is 11.6 Å². The molecule has 3 heterocycles. The molecule has 0 spiro atoms. The van der Waals surface area contributed by atoms with Crippen molar-refractivity contribution in [1.29, 1.82) is 0 Å². The third kappa shape index (κ3) is 4.07. The first-order valence-electron chi connectivity index (χ1n) is 8.47. The second kappa shape index (κ2) is 6.70. The van der Waals surface area contributed by atoms with Crippen LogP contribution in [0.3, 0.4) is 0 Å². The van der Waals surface area contributed by atoms with Crippen LogP contribution in [0.1, 0.15) is 39.2 Å². The Kier molecular flexibility index (Phi) is 4.61. The lowest BCUT2D eigenvalue weighted by atomic mass is 10.0. The van der Waals surface area contributed by atoms with Crippen LogP contribution in [0.25, 0.3) is 11.7 Å². The van der Waals surface area contributed by atoms with E-state index in [0.717, 1.165) is 18.4 Å². The summed E-state index contributed by atoms with van der Waals surface area (Å²) in [5, 5.41) is 0. The molecule has 0 unspecified atom stereocenters. The number of ether oxygens (including phenoxy) is 1. The van der Waals surface area contributed by atoms with Crippen LogP contribution in [-0.2, 0) is 4.74 Å². The van der Waals surface area contributed by atoms with Crippen LogP contribution < -0.4 is 5.56 Å². The molecular formula is C19H23N3O3. The molecule has 2 aromatic rings. The van der Waals surface area contributed by atoms with Crippen LogP contribution in [0.4, 0.5) is 4.79 Å². The Balaban J connectivity index is 1.72. The van der Waals surface area contributed by atoms with E-state index in [2.05, 4.69) is 4.98 Å². The Hall–Kier alpha value is -2.63. The number of pyridine rings is 1. The Morgan fingerprint density at radius 1 is 1.24 bits per heavy atom. The van der Waals surface area contributed by atoms with Crippen molar-refractivity contribution < 1.29 is 9.53 Å². The zero-order valence-electron chi connectivity index (χ0n) is 14.9. The van der Waals surface area contributed by atoms with E-state index in [1.807, 2.05) is 39.0 Å². The van der Waals surface area contributed by atoms with Crippen molar-refractivity contribution in [2.24, 2.45) is 0 Å². The van der Waals surface area contributed by atoms with Gasteiger partial charge in [0.1, 0.15) is 11.2 Å². The Morgan fingerprint density at radius 3 is 2.64 bits per heavy atom. The van der Waals surface area contributed by atoms with Crippen LogP contribution in [0.5, 0.6) is 0 Å². The third-order valence-electron chi connectivity index (χ3n) is 4.06. The molecular weight excluding hydrogens is 318 g/mol. The van der Waals surface area contributed by atoms with Gasteiger partial charge >= 0.3 is 6.09 Å². The zero-order valence-corrected chi connectivity index (χ0v) is 14.9. The molecule has 1 aliphatic rings. The monoisotopic (exact) mass is 341 g/mol. The highest BCUT2D eigenvalue weighted by molar-refractivity contribution is 5.68. The standard InChI is InChI=1S/C19H23N3O3/c1-19(2,3)25-18(24)21-10-7-14(8-11-21)12-15-13-20-16-6-4-5-9-22(16)17(15)23/h4-6,9,12-13H,7-8,10-11H2,1-3H3.